The molecule has 3 aromatic rings. The lowest BCUT2D eigenvalue weighted by atomic mass is 10.2. The highest BCUT2D eigenvalue weighted by molar-refractivity contribution is 7.14. The Bertz CT molecular complexity index is 1190. The van der Waals surface area contributed by atoms with Gasteiger partial charge in [0.05, 0.1) is 23.6 Å². The Morgan fingerprint density at radius 3 is 2.44 bits per heavy atom. The summed E-state index contributed by atoms with van der Waals surface area (Å²) in [6.45, 7) is 3.76. The van der Waals surface area contributed by atoms with Gasteiger partial charge < -0.3 is 5.32 Å². The second-order valence-electron chi connectivity index (χ2n) is 7.41. The normalized spacial score (nSPS) is 11.0. The minimum Gasteiger partial charge on any atom is -0.322 e. The molecule has 180 valence electrons. The van der Waals surface area contributed by atoms with E-state index in [9.17, 15) is 27.2 Å². The van der Waals surface area contributed by atoms with Crippen LogP contribution in [0.2, 0.25) is 0 Å². The summed E-state index contributed by atoms with van der Waals surface area (Å²) in [7, 11) is 0. The molecule has 2 aromatic carbocycles. The first-order chi connectivity index (χ1) is 16.2. The second-order valence-corrected chi connectivity index (χ2v) is 8.25. The zero-order chi connectivity index (χ0) is 24.8. The van der Waals surface area contributed by atoms with E-state index in [0.29, 0.717) is 18.7 Å². The first kappa shape index (κ1) is 25.3. The molecule has 0 bridgehead atoms. The molecule has 2 amide bonds. The van der Waals surface area contributed by atoms with Crippen molar-refractivity contribution in [2.45, 2.75) is 26.8 Å². The van der Waals surface area contributed by atoms with Crippen LogP contribution >= 0.6 is 11.3 Å². The Morgan fingerprint density at radius 2 is 1.76 bits per heavy atom. The van der Waals surface area contributed by atoms with Gasteiger partial charge in [-0.25, -0.2) is 22.5 Å². The molecule has 0 spiro atoms. The van der Waals surface area contributed by atoms with Crippen LogP contribution in [0, 0.1) is 23.3 Å². The van der Waals surface area contributed by atoms with Crippen molar-refractivity contribution < 1.29 is 27.2 Å². The maximum Gasteiger partial charge on any atom is 0.238 e. The number of nitrogens with one attached hydrogen (secondary N) is 1. The van der Waals surface area contributed by atoms with E-state index in [0.717, 1.165) is 23.5 Å². The second kappa shape index (κ2) is 11.2. The highest BCUT2D eigenvalue weighted by Crippen LogP contribution is 2.31. The molecule has 0 atom stereocenters. The number of carbonyl (C=O) groups excluding carboxylic acids is 2. The number of para-hydroxylation sites is 1. The molecule has 34 heavy (non-hydrogen) atoms. The number of carbonyl (C=O) groups is 2. The van der Waals surface area contributed by atoms with Gasteiger partial charge >= 0.3 is 0 Å². The molecule has 0 unspecified atom stereocenters. The van der Waals surface area contributed by atoms with E-state index in [4.69, 9.17) is 0 Å². The molecule has 0 aliphatic rings. The summed E-state index contributed by atoms with van der Waals surface area (Å²) in [6, 6.07) is 7.53. The molecule has 1 heterocycles. The van der Waals surface area contributed by atoms with Crippen molar-refractivity contribution in [2.24, 2.45) is 0 Å². The van der Waals surface area contributed by atoms with Crippen LogP contribution in [0.4, 0.5) is 34.1 Å². The van der Waals surface area contributed by atoms with Crippen molar-refractivity contribution in [1.82, 2.24) is 9.88 Å². The molecule has 0 aliphatic carbocycles. The third kappa shape index (κ3) is 5.97. The van der Waals surface area contributed by atoms with Gasteiger partial charge in [-0.2, -0.15) is 0 Å². The van der Waals surface area contributed by atoms with Crippen molar-refractivity contribution in [3.63, 3.8) is 0 Å². The van der Waals surface area contributed by atoms with Gasteiger partial charge in [-0.1, -0.05) is 19.1 Å². The van der Waals surface area contributed by atoms with E-state index < -0.39 is 40.8 Å². The molecule has 1 N–H and O–H groups in total. The Balaban J connectivity index is 1.73. The SMILES string of the molecule is CCCN(CC(=O)Nc1ccc(F)c(F)c1F)Cc1csc(N(C(C)=O)c2ccccc2F)n1. The molecular weight excluding hydrogens is 472 g/mol. The van der Waals surface area contributed by atoms with E-state index in [1.165, 1.54) is 30.0 Å². The maximum atomic E-state index is 14.3. The number of aromatic nitrogens is 1. The standard InChI is InChI=1S/C23H22F4N4O2S/c1-3-10-30(12-20(33)29-18-9-8-17(25)21(26)22(18)27)11-15-13-34-23(28-15)31(14(2)32)19-7-5-4-6-16(19)24/h4-9,13H,3,10-12H2,1-2H3,(H,29,33). The van der Waals surface area contributed by atoms with Crippen LogP contribution in [0.1, 0.15) is 26.0 Å². The van der Waals surface area contributed by atoms with Gasteiger partial charge in [0.2, 0.25) is 11.8 Å². The first-order valence-corrected chi connectivity index (χ1v) is 11.2. The fourth-order valence-corrected chi connectivity index (χ4v) is 4.16. The van der Waals surface area contributed by atoms with Crippen LogP contribution in [0.15, 0.2) is 41.8 Å². The summed E-state index contributed by atoms with van der Waals surface area (Å²) in [5, 5.41) is 4.22. The number of anilines is 3. The molecule has 3 rings (SSSR count). The van der Waals surface area contributed by atoms with Gasteiger partial charge in [-0.15, -0.1) is 11.3 Å². The minimum atomic E-state index is -1.66. The average Bonchev–Trinajstić information content (AvgIpc) is 3.23. The maximum absolute atomic E-state index is 14.3. The van der Waals surface area contributed by atoms with E-state index in [1.54, 1.807) is 16.3 Å². The van der Waals surface area contributed by atoms with Gasteiger partial charge in [0.15, 0.2) is 22.6 Å². The monoisotopic (exact) mass is 494 g/mol. The summed E-state index contributed by atoms with van der Waals surface area (Å²) in [5.41, 5.74) is 0.162. The van der Waals surface area contributed by atoms with E-state index in [2.05, 4.69) is 10.3 Å². The van der Waals surface area contributed by atoms with Crippen molar-refractivity contribution in [2.75, 3.05) is 23.3 Å². The lowest BCUT2D eigenvalue weighted by Crippen LogP contribution is -2.34. The van der Waals surface area contributed by atoms with Crippen molar-refractivity contribution in [3.8, 4) is 0 Å². The Morgan fingerprint density at radius 1 is 1.03 bits per heavy atom. The number of halogens is 4. The fraction of sp³-hybridized carbons (Fsp3) is 0.261. The van der Waals surface area contributed by atoms with Crippen molar-refractivity contribution >= 4 is 39.7 Å². The average molecular weight is 495 g/mol. The van der Waals surface area contributed by atoms with Gasteiger partial charge in [0, 0.05) is 18.8 Å². The lowest BCUT2D eigenvalue weighted by molar-refractivity contribution is -0.117. The van der Waals surface area contributed by atoms with Gasteiger partial charge in [0.1, 0.15) is 5.82 Å². The van der Waals surface area contributed by atoms with E-state index >= 15 is 0 Å². The Labute approximate surface area is 197 Å². The van der Waals surface area contributed by atoms with Gasteiger partial charge in [-0.05, 0) is 37.2 Å². The summed E-state index contributed by atoms with van der Waals surface area (Å²) in [4.78, 5) is 32.0. The number of nitrogens with zero attached hydrogens (tertiary/aromatic N) is 3. The molecule has 11 heteroatoms. The summed E-state index contributed by atoms with van der Waals surface area (Å²) < 4.78 is 54.6. The highest BCUT2D eigenvalue weighted by atomic mass is 32.1. The van der Waals surface area contributed by atoms with Crippen LogP contribution in [-0.2, 0) is 16.1 Å². The number of thiazole rings is 1. The smallest absolute Gasteiger partial charge is 0.238 e. The van der Waals surface area contributed by atoms with Crippen LogP contribution in [0.25, 0.3) is 0 Å². The van der Waals surface area contributed by atoms with Crippen molar-refractivity contribution in [1.29, 1.82) is 0 Å². The fourth-order valence-electron chi connectivity index (χ4n) is 3.29. The molecular formula is C23H22F4N4O2S. The third-order valence-corrected chi connectivity index (χ3v) is 5.62. The molecule has 0 fully saturated rings. The molecule has 0 saturated carbocycles. The van der Waals surface area contributed by atoms with Crippen LogP contribution in [-0.4, -0.2) is 34.8 Å². The largest absolute Gasteiger partial charge is 0.322 e. The number of rotatable bonds is 9. The molecule has 6 nitrogen and oxygen atoms in total. The third-order valence-electron chi connectivity index (χ3n) is 4.74. The Kier molecular flexibility index (Phi) is 8.35. The van der Waals surface area contributed by atoms with Crippen molar-refractivity contribution in [3.05, 3.63) is 70.7 Å². The Hall–Kier alpha value is -3.31. The zero-order valence-electron chi connectivity index (χ0n) is 18.4. The number of hydrogen-bond donors (Lipinski definition) is 1. The summed E-state index contributed by atoms with van der Waals surface area (Å²) >= 11 is 1.15. The molecule has 0 saturated heterocycles. The van der Waals surface area contributed by atoms with Crippen LogP contribution < -0.4 is 10.2 Å². The van der Waals surface area contributed by atoms with E-state index in [-0.39, 0.29) is 23.9 Å². The summed E-state index contributed by atoms with van der Waals surface area (Å²) in [5.74, 6) is -6.09. The minimum absolute atomic E-state index is 0.0780. The van der Waals surface area contributed by atoms with Gasteiger partial charge in [0.25, 0.3) is 0 Å². The quantitative estimate of drug-likeness (QED) is 0.327. The number of benzene rings is 2. The lowest BCUT2D eigenvalue weighted by Gasteiger charge is -2.21. The number of amides is 2. The first-order valence-electron chi connectivity index (χ1n) is 10.4. The predicted octanol–water partition coefficient (Wildman–Crippen LogP) is 5.23. The molecule has 0 aliphatic heterocycles. The predicted molar refractivity (Wildman–Crippen MR) is 122 cm³/mol. The number of hydrogen-bond acceptors (Lipinski definition) is 5. The van der Waals surface area contributed by atoms with Gasteiger partial charge in [-0.3, -0.25) is 19.4 Å². The van der Waals surface area contributed by atoms with Crippen LogP contribution in [0.5, 0.6) is 0 Å². The zero-order valence-corrected chi connectivity index (χ0v) is 19.3. The molecule has 1 aromatic heterocycles. The topological polar surface area (TPSA) is 65.5 Å². The molecule has 0 radical (unpaired) electrons. The van der Waals surface area contributed by atoms with Crippen LogP contribution in [0.3, 0.4) is 0 Å². The van der Waals surface area contributed by atoms with E-state index in [1.807, 2.05) is 6.92 Å². The summed E-state index contributed by atoms with van der Waals surface area (Å²) in [6.07, 6.45) is 0.693. The highest BCUT2D eigenvalue weighted by Gasteiger charge is 2.22.